The molecule has 2 heterocycles. The van der Waals surface area contributed by atoms with E-state index in [9.17, 15) is 9.59 Å². The van der Waals surface area contributed by atoms with Crippen molar-refractivity contribution >= 4 is 17.6 Å². The van der Waals surface area contributed by atoms with E-state index in [1.807, 2.05) is 50.2 Å². The minimum absolute atomic E-state index is 0.0124. The lowest BCUT2D eigenvalue weighted by atomic mass is 10.1. The molecule has 0 spiro atoms. The maximum absolute atomic E-state index is 13.0. The van der Waals surface area contributed by atoms with Crippen LogP contribution in [0.5, 0.6) is 5.75 Å². The van der Waals surface area contributed by atoms with E-state index in [1.54, 1.807) is 17.2 Å². The fourth-order valence-corrected chi connectivity index (χ4v) is 2.95. The Kier molecular flexibility index (Phi) is 5.51. The lowest BCUT2D eigenvalue weighted by Crippen LogP contribution is -2.42. The highest BCUT2D eigenvalue weighted by Crippen LogP contribution is 2.37. The van der Waals surface area contributed by atoms with E-state index < -0.39 is 6.10 Å². The van der Waals surface area contributed by atoms with Gasteiger partial charge in [0.1, 0.15) is 0 Å². The van der Waals surface area contributed by atoms with Crippen LogP contribution in [0.3, 0.4) is 0 Å². The van der Waals surface area contributed by atoms with Gasteiger partial charge in [0, 0.05) is 30.8 Å². The van der Waals surface area contributed by atoms with Crippen molar-refractivity contribution in [2.24, 2.45) is 0 Å². The van der Waals surface area contributed by atoms with Crippen LogP contribution in [0.15, 0.2) is 48.7 Å². The Morgan fingerprint density at radius 3 is 2.73 bits per heavy atom. The third kappa shape index (κ3) is 4.02. The van der Waals surface area contributed by atoms with Crippen molar-refractivity contribution in [3.05, 3.63) is 54.2 Å². The molecule has 1 aromatic heterocycles. The van der Waals surface area contributed by atoms with E-state index in [0.717, 1.165) is 5.56 Å². The summed E-state index contributed by atoms with van der Waals surface area (Å²) in [6.07, 6.45) is 1.86. The van der Waals surface area contributed by atoms with Gasteiger partial charge in [0.05, 0.1) is 0 Å². The molecule has 0 radical (unpaired) electrons. The first kappa shape index (κ1) is 17.9. The molecule has 1 aromatic carbocycles. The van der Waals surface area contributed by atoms with Gasteiger partial charge in [-0.2, -0.15) is 0 Å². The molecule has 0 unspecified atom stereocenters. The van der Waals surface area contributed by atoms with Crippen molar-refractivity contribution in [3.63, 3.8) is 0 Å². The Morgan fingerprint density at radius 1 is 1.23 bits per heavy atom. The highest BCUT2D eigenvalue weighted by molar-refractivity contribution is 5.99. The van der Waals surface area contributed by atoms with Crippen LogP contribution in [0.2, 0.25) is 0 Å². The average Bonchev–Trinajstić information content (AvgIpc) is 2.63. The Bertz CT molecular complexity index is 777. The topological polar surface area (TPSA) is 71.5 Å². The number of amides is 2. The molecule has 6 heteroatoms. The quantitative estimate of drug-likeness (QED) is 0.867. The molecule has 0 aliphatic carbocycles. The molecule has 6 nitrogen and oxygen atoms in total. The number of carbonyl (C=O) groups is 2. The molecule has 0 saturated carbocycles. The van der Waals surface area contributed by atoms with Crippen molar-refractivity contribution in [1.29, 1.82) is 0 Å². The summed E-state index contributed by atoms with van der Waals surface area (Å²) in [4.78, 5) is 30.8. The van der Waals surface area contributed by atoms with Crippen molar-refractivity contribution in [2.75, 3.05) is 11.4 Å². The third-order valence-electron chi connectivity index (χ3n) is 4.08. The second-order valence-corrected chi connectivity index (χ2v) is 6.55. The lowest BCUT2D eigenvalue weighted by Gasteiger charge is -2.33. The molecule has 0 saturated heterocycles. The minimum Gasteiger partial charge on any atom is -0.472 e. The summed E-state index contributed by atoms with van der Waals surface area (Å²) in [5.41, 5.74) is 0.801. The van der Waals surface area contributed by atoms with E-state index in [0.29, 0.717) is 31.0 Å². The standard InChI is InChI=1S/C20H23N3O3/c1-14(2)22-17(24)11-7-13-23-19-16(10-6-12-21-19)26-18(20(23)25)15-8-4-3-5-9-15/h3-6,8-10,12,14,18H,7,11,13H2,1-2H3,(H,22,24)/t18-/m0/s1. The second-order valence-electron chi connectivity index (χ2n) is 6.55. The van der Waals surface area contributed by atoms with E-state index in [2.05, 4.69) is 10.3 Å². The molecular weight excluding hydrogens is 330 g/mol. The van der Waals surface area contributed by atoms with Gasteiger partial charge in [0.15, 0.2) is 11.6 Å². The minimum atomic E-state index is -0.697. The number of ether oxygens (including phenoxy) is 1. The number of benzene rings is 1. The first-order chi connectivity index (χ1) is 12.6. The molecule has 1 atom stereocenters. The number of carbonyl (C=O) groups excluding carboxylic acids is 2. The van der Waals surface area contributed by atoms with Crippen LogP contribution in [-0.4, -0.2) is 29.4 Å². The molecule has 2 aromatic rings. The lowest BCUT2D eigenvalue weighted by molar-refractivity contribution is -0.127. The highest BCUT2D eigenvalue weighted by Gasteiger charge is 2.36. The number of hydrogen-bond acceptors (Lipinski definition) is 4. The largest absolute Gasteiger partial charge is 0.472 e. The van der Waals surface area contributed by atoms with Gasteiger partial charge in [-0.15, -0.1) is 0 Å². The van der Waals surface area contributed by atoms with E-state index >= 15 is 0 Å². The summed E-state index contributed by atoms with van der Waals surface area (Å²) in [6, 6.07) is 13.1. The first-order valence-corrected chi connectivity index (χ1v) is 8.83. The van der Waals surface area contributed by atoms with Crippen LogP contribution in [-0.2, 0) is 9.59 Å². The molecule has 1 N–H and O–H groups in total. The molecular formula is C20H23N3O3. The summed E-state index contributed by atoms with van der Waals surface area (Å²) in [5, 5.41) is 2.86. The highest BCUT2D eigenvalue weighted by atomic mass is 16.5. The smallest absolute Gasteiger partial charge is 0.274 e. The average molecular weight is 353 g/mol. The van der Waals surface area contributed by atoms with Gasteiger partial charge >= 0.3 is 0 Å². The SMILES string of the molecule is CC(C)NC(=O)CCCN1C(=O)[C@H](c2ccccc2)Oc2cccnc21. The Hall–Kier alpha value is -2.89. The van der Waals surface area contributed by atoms with Crippen LogP contribution < -0.4 is 15.0 Å². The number of anilines is 1. The zero-order valence-electron chi connectivity index (χ0n) is 15.0. The zero-order valence-corrected chi connectivity index (χ0v) is 15.0. The van der Waals surface area contributed by atoms with Gasteiger partial charge in [0.25, 0.3) is 5.91 Å². The first-order valence-electron chi connectivity index (χ1n) is 8.83. The summed E-state index contributed by atoms with van der Waals surface area (Å²) in [5.74, 6) is 0.912. The normalized spacial score (nSPS) is 16.2. The molecule has 3 rings (SSSR count). The van der Waals surface area contributed by atoms with Crippen molar-refractivity contribution in [1.82, 2.24) is 10.3 Å². The number of hydrogen-bond donors (Lipinski definition) is 1. The van der Waals surface area contributed by atoms with Gasteiger partial charge in [-0.3, -0.25) is 14.5 Å². The van der Waals surface area contributed by atoms with Crippen molar-refractivity contribution in [2.45, 2.75) is 38.8 Å². The number of nitrogens with zero attached hydrogens (tertiary/aromatic N) is 2. The zero-order chi connectivity index (χ0) is 18.5. The number of fused-ring (bicyclic) bond motifs is 1. The number of rotatable bonds is 6. The van der Waals surface area contributed by atoms with Crippen molar-refractivity contribution in [3.8, 4) is 5.75 Å². The molecule has 2 amide bonds. The molecule has 0 bridgehead atoms. The van der Waals surface area contributed by atoms with E-state index in [4.69, 9.17) is 4.74 Å². The van der Waals surface area contributed by atoms with Crippen LogP contribution in [0.1, 0.15) is 38.4 Å². The molecule has 1 aliphatic rings. The molecule has 0 fully saturated rings. The number of nitrogens with one attached hydrogen (secondary N) is 1. The monoisotopic (exact) mass is 353 g/mol. The molecule has 26 heavy (non-hydrogen) atoms. The summed E-state index contributed by atoms with van der Waals surface area (Å²) < 4.78 is 5.91. The van der Waals surface area contributed by atoms with Gasteiger partial charge < -0.3 is 10.1 Å². The van der Waals surface area contributed by atoms with Crippen LogP contribution in [0, 0.1) is 0 Å². The van der Waals surface area contributed by atoms with Crippen LogP contribution >= 0.6 is 0 Å². The Labute approximate surface area is 153 Å². The van der Waals surface area contributed by atoms with E-state index in [-0.39, 0.29) is 17.9 Å². The summed E-state index contributed by atoms with van der Waals surface area (Å²) >= 11 is 0. The number of pyridine rings is 1. The fraction of sp³-hybridized carbons (Fsp3) is 0.350. The third-order valence-corrected chi connectivity index (χ3v) is 4.08. The summed E-state index contributed by atoms with van der Waals surface area (Å²) in [7, 11) is 0. The van der Waals surface area contributed by atoms with Gasteiger partial charge in [-0.1, -0.05) is 30.3 Å². The van der Waals surface area contributed by atoms with Crippen LogP contribution in [0.25, 0.3) is 0 Å². The van der Waals surface area contributed by atoms with Crippen LogP contribution in [0.4, 0.5) is 5.82 Å². The molecule has 1 aliphatic heterocycles. The summed E-state index contributed by atoms with van der Waals surface area (Å²) in [6.45, 7) is 4.27. The fourth-order valence-electron chi connectivity index (χ4n) is 2.95. The van der Waals surface area contributed by atoms with Crippen molar-refractivity contribution < 1.29 is 14.3 Å². The van der Waals surface area contributed by atoms with Gasteiger partial charge in [-0.25, -0.2) is 4.98 Å². The predicted molar refractivity (Wildman–Crippen MR) is 98.9 cm³/mol. The number of aromatic nitrogens is 1. The second kappa shape index (κ2) is 7.99. The predicted octanol–water partition coefficient (Wildman–Crippen LogP) is 2.85. The van der Waals surface area contributed by atoms with Gasteiger partial charge in [-0.05, 0) is 32.4 Å². The van der Waals surface area contributed by atoms with E-state index in [1.165, 1.54) is 0 Å². The van der Waals surface area contributed by atoms with Gasteiger partial charge in [0.2, 0.25) is 12.0 Å². The maximum atomic E-state index is 13.0. The Balaban J connectivity index is 1.76. The molecule has 136 valence electrons. The Morgan fingerprint density at radius 2 is 2.00 bits per heavy atom. The maximum Gasteiger partial charge on any atom is 0.274 e.